The fraction of sp³-hybridized carbons (Fsp3) is 0.333. The molecule has 0 bridgehead atoms. The Balaban J connectivity index is 0. The summed E-state index contributed by atoms with van der Waals surface area (Å²) in [5, 5.41) is 0. The topological polar surface area (TPSA) is 0 Å². The smallest absolute Gasteiger partial charge is 1.00 e. The maximum absolute atomic E-state index is 2.20. The van der Waals surface area contributed by atoms with Crippen molar-refractivity contribution in [3.8, 4) is 0 Å². The Labute approximate surface area is 105 Å². The van der Waals surface area contributed by atoms with Crippen molar-refractivity contribution in [3.63, 3.8) is 0 Å². The molecule has 12 heavy (non-hydrogen) atoms. The second kappa shape index (κ2) is 9.90. The third-order valence-corrected chi connectivity index (χ3v) is 2.43. The number of rotatable bonds is 3. The van der Waals surface area contributed by atoms with E-state index in [1.54, 1.807) is 0 Å². The van der Waals surface area contributed by atoms with Gasteiger partial charge < -0.3 is 17.0 Å². The van der Waals surface area contributed by atoms with Crippen molar-refractivity contribution in [1.29, 1.82) is 0 Å². The van der Waals surface area contributed by atoms with E-state index >= 15 is 0 Å². The molecule has 0 aliphatic carbocycles. The summed E-state index contributed by atoms with van der Waals surface area (Å²) in [7, 11) is 0. The van der Waals surface area contributed by atoms with Crippen LogP contribution in [0.2, 0.25) is 0 Å². The molecule has 0 atom stereocenters. The van der Waals surface area contributed by atoms with Crippen molar-refractivity contribution in [2.45, 2.75) is 18.2 Å². The number of halogens is 1. The van der Waals surface area contributed by atoms with Crippen LogP contribution in [0.5, 0.6) is 0 Å². The third kappa shape index (κ3) is 6.35. The van der Waals surface area contributed by atoms with Crippen molar-refractivity contribution in [2.75, 3.05) is 5.75 Å². The fourth-order valence-corrected chi connectivity index (χ4v) is 1.53. The molecule has 0 N–H and O–H groups in total. The summed E-state index contributed by atoms with van der Waals surface area (Å²) in [4.78, 5) is 1.38. The number of hydrogen-bond acceptors (Lipinski definition) is 1. The van der Waals surface area contributed by atoms with Crippen molar-refractivity contribution in [2.24, 2.45) is 0 Å². The Morgan fingerprint density at radius 2 is 1.75 bits per heavy atom. The molecular weight excluding hydrogens is 244 g/mol. The molecule has 62 valence electrons. The van der Waals surface area contributed by atoms with Gasteiger partial charge in [0.2, 0.25) is 0 Å². The van der Waals surface area contributed by atoms with Gasteiger partial charge >= 0.3 is 23.1 Å². The Bertz CT molecular complexity index is 179. The normalized spacial score (nSPS) is 8.08. The van der Waals surface area contributed by atoms with E-state index in [4.69, 9.17) is 0 Å². The van der Waals surface area contributed by atoms with Crippen LogP contribution in [-0.4, -0.2) is 28.8 Å². The first-order chi connectivity index (χ1) is 4.93. The van der Waals surface area contributed by atoms with Gasteiger partial charge in [-0.05, 0) is 24.3 Å². The van der Waals surface area contributed by atoms with Crippen LogP contribution in [0, 0.1) is 0 Å². The van der Waals surface area contributed by atoms with E-state index in [-0.39, 0.29) is 40.0 Å². The van der Waals surface area contributed by atoms with Crippen molar-refractivity contribution >= 4 is 34.8 Å². The summed E-state index contributed by atoms with van der Waals surface area (Å²) in [5.41, 5.74) is 0. The van der Waals surface area contributed by atoms with Crippen LogP contribution in [0.25, 0.3) is 0 Å². The molecule has 0 heterocycles. The molecule has 0 aromatic heterocycles. The molecule has 0 radical (unpaired) electrons. The average molecular weight is 256 g/mol. The molecule has 0 amide bonds. The zero-order chi connectivity index (χ0) is 7.23. The number of benzene rings is 1. The molecule has 0 unspecified atom stereocenters. The molecule has 1 aromatic rings. The van der Waals surface area contributed by atoms with E-state index in [1.807, 2.05) is 11.8 Å². The van der Waals surface area contributed by atoms with Crippen LogP contribution in [0.3, 0.4) is 0 Å². The van der Waals surface area contributed by atoms with Gasteiger partial charge in [0.1, 0.15) is 0 Å². The van der Waals surface area contributed by atoms with Gasteiger partial charge in [-0.25, -0.2) is 0 Å². The van der Waals surface area contributed by atoms with Crippen LogP contribution < -0.4 is 17.0 Å². The van der Waals surface area contributed by atoms with Gasteiger partial charge in [-0.3, -0.25) is 0 Å². The zero-order valence-corrected chi connectivity index (χ0v) is 11.1. The van der Waals surface area contributed by atoms with Crippen molar-refractivity contribution < 1.29 is 17.0 Å². The SMILES string of the molecule is CCCSc1ccccc1.[Br-].[Mg+2]. The Morgan fingerprint density at radius 1 is 1.17 bits per heavy atom. The van der Waals surface area contributed by atoms with Gasteiger partial charge in [-0.1, -0.05) is 25.1 Å². The van der Waals surface area contributed by atoms with Crippen LogP contribution in [0.1, 0.15) is 13.3 Å². The quantitative estimate of drug-likeness (QED) is 0.534. The van der Waals surface area contributed by atoms with Gasteiger partial charge in [-0.2, -0.15) is 0 Å². The van der Waals surface area contributed by atoms with Crippen LogP contribution in [-0.2, 0) is 0 Å². The molecule has 3 heteroatoms. The number of thioether (sulfide) groups is 1. The standard InChI is InChI=1S/C9H12S.BrH.Mg/c1-2-8-10-9-6-4-3-5-7-9;;/h3-7H,2,8H2,1H3;1H;/q;;+2/p-1. The minimum absolute atomic E-state index is 0. The van der Waals surface area contributed by atoms with Crippen LogP contribution in [0.15, 0.2) is 35.2 Å². The zero-order valence-electron chi connectivity index (χ0n) is 7.29. The fourth-order valence-electron chi connectivity index (χ4n) is 0.737. The molecule has 0 aliphatic rings. The maximum Gasteiger partial charge on any atom is 2.00 e. The van der Waals surface area contributed by atoms with Crippen LogP contribution >= 0.6 is 11.8 Å². The Kier molecular flexibility index (Phi) is 12.6. The maximum atomic E-state index is 2.20. The third-order valence-electron chi connectivity index (χ3n) is 1.22. The largest absolute Gasteiger partial charge is 2.00 e. The van der Waals surface area contributed by atoms with E-state index in [0.29, 0.717) is 0 Å². The molecule has 0 spiro atoms. The van der Waals surface area contributed by atoms with Gasteiger partial charge in [0.25, 0.3) is 0 Å². The second-order valence-corrected chi connectivity index (χ2v) is 3.33. The van der Waals surface area contributed by atoms with Gasteiger partial charge in [0.05, 0.1) is 0 Å². The summed E-state index contributed by atoms with van der Waals surface area (Å²) in [6.07, 6.45) is 1.25. The average Bonchev–Trinajstić information content (AvgIpc) is 2.03. The predicted molar refractivity (Wildman–Crippen MR) is 53.2 cm³/mol. The molecule has 1 aromatic carbocycles. The molecule has 1 rings (SSSR count). The predicted octanol–water partition coefficient (Wildman–Crippen LogP) is -0.188. The molecule has 0 fully saturated rings. The molecule has 0 nitrogen and oxygen atoms in total. The van der Waals surface area contributed by atoms with E-state index in [9.17, 15) is 0 Å². The molecular formula is C9H12BrMgS+. The summed E-state index contributed by atoms with van der Waals surface area (Å²) in [6.45, 7) is 2.20. The first-order valence-corrected chi connectivity index (χ1v) is 4.60. The summed E-state index contributed by atoms with van der Waals surface area (Å²) >= 11 is 1.92. The summed E-state index contributed by atoms with van der Waals surface area (Å²) in [6, 6.07) is 10.5. The van der Waals surface area contributed by atoms with E-state index in [1.165, 1.54) is 17.1 Å². The monoisotopic (exact) mass is 255 g/mol. The molecule has 0 saturated carbocycles. The van der Waals surface area contributed by atoms with E-state index in [0.717, 1.165) is 0 Å². The minimum atomic E-state index is 0. The van der Waals surface area contributed by atoms with Gasteiger partial charge in [-0.15, -0.1) is 11.8 Å². The molecule has 0 saturated heterocycles. The number of hydrogen-bond donors (Lipinski definition) is 0. The first kappa shape index (κ1) is 15.3. The molecule has 0 aliphatic heterocycles. The van der Waals surface area contributed by atoms with Crippen LogP contribution in [0.4, 0.5) is 0 Å². The second-order valence-electron chi connectivity index (χ2n) is 2.16. The van der Waals surface area contributed by atoms with E-state index < -0.39 is 0 Å². The Hall–Kier alpha value is 0.816. The van der Waals surface area contributed by atoms with Gasteiger partial charge in [0, 0.05) is 4.90 Å². The minimum Gasteiger partial charge on any atom is -1.00 e. The van der Waals surface area contributed by atoms with E-state index in [2.05, 4.69) is 37.3 Å². The Morgan fingerprint density at radius 3 is 2.25 bits per heavy atom. The summed E-state index contributed by atoms with van der Waals surface area (Å²) < 4.78 is 0. The van der Waals surface area contributed by atoms with Crippen molar-refractivity contribution in [1.82, 2.24) is 0 Å². The summed E-state index contributed by atoms with van der Waals surface area (Å²) in [5.74, 6) is 1.23. The van der Waals surface area contributed by atoms with Crippen molar-refractivity contribution in [3.05, 3.63) is 30.3 Å². The van der Waals surface area contributed by atoms with Gasteiger partial charge in [0.15, 0.2) is 0 Å². The first-order valence-electron chi connectivity index (χ1n) is 3.61.